The van der Waals surface area contributed by atoms with Crippen molar-refractivity contribution < 1.29 is 14.3 Å². The minimum absolute atomic E-state index is 0.243. The van der Waals surface area contributed by atoms with Crippen LogP contribution in [-0.2, 0) is 7.05 Å². The fourth-order valence-electron chi connectivity index (χ4n) is 2.33. The van der Waals surface area contributed by atoms with Gasteiger partial charge < -0.3 is 20.2 Å². The Kier molecular flexibility index (Phi) is 4.62. The van der Waals surface area contributed by atoms with Gasteiger partial charge in [0.25, 0.3) is 5.91 Å². The van der Waals surface area contributed by atoms with Gasteiger partial charge in [-0.3, -0.25) is 9.48 Å². The lowest BCUT2D eigenvalue weighted by molar-refractivity contribution is 0.0907. The van der Waals surface area contributed by atoms with E-state index < -0.39 is 6.04 Å². The maximum Gasteiger partial charge on any atom is 0.252 e. The van der Waals surface area contributed by atoms with Crippen molar-refractivity contribution in [2.75, 3.05) is 11.9 Å². The number of benzene rings is 1. The molecule has 3 rings (SSSR count). The summed E-state index contributed by atoms with van der Waals surface area (Å²) in [6.07, 6.45) is 5.04. The van der Waals surface area contributed by atoms with Gasteiger partial charge in [-0.25, -0.2) is 0 Å². The molecule has 0 aliphatic rings. The fraction of sp³-hybridized carbons (Fsp3) is 0.176. The van der Waals surface area contributed by atoms with E-state index in [1.165, 1.54) is 6.26 Å². The molecular weight excluding hydrogens is 308 g/mol. The molecule has 0 bridgehead atoms. The van der Waals surface area contributed by atoms with Crippen LogP contribution in [0.3, 0.4) is 0 Å². The van der Waals surface area contributed by atoms with Crippen molar-refractivity contribution in [1.82, 2.24) is 15.1 Å². The van der Waals surface area contributed by atoms with Crippen LogP contribution in [-0.4, -0.2) is 27.4 Å². The molecule has 24 heavy (non-hydrogen) atoms. The van der Waals surface area contributed by atoms with Crippen molar-refractivity contribution in [2.24, 2.45) is 7.05 Å². The van der Waals surface area contributed by atoms with Crippen LogP contribution >= 0.6 is 0 Å². The molecule has 0 aliphatic carbocycles. The van der Waals surface area contributed by atoms with Crippen molar-refractivity contribution in [3.8, 4) is 0 Å². The maximum atomic E-state index is 12.4. The third kappa shape index (κ3) is 3.64. The number of amides is 1. The quantitative estimate of drug-likeness (QED) is 0.646. The Morgan fingerprint density at radius 2 is 2.21 bits per heavy atom. The van der Waals surface area contributed by atoms with Gasteiger partial charge in [0.2, 0.25) is 0 Å². The van der Waals surface area contributed by atoms with Crippen LogP contribution in [0.4, 0.5) is 11.4 Å². The summed E-state index contributed by atoms with van der Waals surface area (Å²) >= 11 is 0. The number of aryl methyl sites for hydroxylation is 1. The van der Waals surface area contributed by atoms with E-state index in [4.69, 9.17) is 4.42 Å². The van der Waals surface area contributed by atoms with E-state index in [0.29, 0.717) is 11.3 Å². The Morgan fingerprint density at radius 1 is 1.33 bits per heavy atom. The van der Waals surface area contributed by atoms with Gasteiger partial charge in [0, 0.05) is 24.5 Å². The van der Waals surface area contributed by atoms with Crippen LogP contribution in [0.25, 0.3) is 0 Å². The minimum Gasteiger partial charge on any atom is -0.467 e. The highest BCUT2D eigenvalue weighted by molar-refractivity contribution is 5.95. The van der Waals surface area contributed by atoms with E-state index in [1.807, 2.05) is 19.3 Å². The zero-order chi connectivity index (χ0) is 16.9. The molecule has 7 nitrogen and oxygen atoms in total. The summed E-state index contributed by atoms with van der Waals surface area (Å²) < 4.78 is 6.92. The monoisotopic (exact) mass is 326 g/mol. The van der Waals surface area contributed by atoms with Gasteiger partial charge >= 0.3 is 0 Å². The standard InChI is InChI=1S/C17H18N4O3/c1-21-10-14(9-18-21)19-13-5-2-4-12(8-13)17(23)20-15(11-22)16-6-3-7-24-16/h2-10,15,19,22H,11H2,1H3,(H,20,23). The Hall–Kier alpha value is -3.06. The Balaban J connectivity index is 1.72. The molecule has 0 fully saturated rings. The van der Waals surface area contributed by atoms with Gasteiger partial charge in [-0.2, -0.15) is 5.10 Å². The molecule has 1 aromatic carbocycles. The number of anilines is 2. The van der Waals surface area contributed by atoms with E-state index in [0.717, 1.165) is 11.4 Å². The summed E-state index contributed by atoms with van der Waals surface area (Å²) in [7, 11) is 1.83. The molecule has 2 aromatic heterocycles. The topological polar surface area (TPSA) is 92.3 Å². The van der Waals surface area contributed by atoms with E-state index in [2.05, 4.69) is 15.7 Å². The molecule has 0 spiro atoms. The highest BCUT2D eigenvalue weighted by Gasteiger charge is 2.17. The Morgan fingerprint density at radius 3 is 2.88 bits per heavy atom. The number of nitrogens with one attached hydrogen (secondary N) is 2. The third-order valence-corrected chi connectivity index (χ3v) is 3.49. The van der Waals surface area contributed by atoms with Gasteiger partial charge in [-0.15, -0.1) is 0 Å². The van der Waals surface area contributed by atoms with E-state index in [-0.39, 0.29) is 12.5 Å². The van der Waals surface area contributed by atoms with Crippen LogP contribution in [0.1, 0.15) is 22.2 Å². The summed E-state index contributed by atoms with van der Waals surface area (Å²) in [5.41, 5.74) is 2.09. The van der Waals surface area contributed by atoms with Crippen LogP contribution in [0.2, 0.25) is 0 Å². The predicted molar refractivity (Wildman–Crippen MR) is 88.9 cm³/mol. The molecule has 1 unspecified atom stereocenters. The summed E-state index contributed by atoms with van der Waals surface area (Å²) in [6.45, 7) is -0.243. The number of aliphatic hydroxyl groups is 1. The van der Waals surface area contributed by atoms with E-state index in [9.17, 15) is 9.90 Å². The molecule has 3 N–H and O–H groups in total. The summed E-state index contributed by atoms with van der Waals surface area (Å²) in [6, 6.07) is 9.93. The number of aromatic nitrogens is 2. The average Bonchev–Trinajstić information content (AvgIpc) is 3.24. The molecule has 2 heterocycles. The van der Waals surface area contributed by atoms with Gasteiger partial charge in [0.05, 0.1) is 24.8 Å². The molecule has 0 saturated heterocycles. The van der Waals surface area contributed by atoms with Crippen LogP contribution in [0.5, 0.6) is 0 Å². The number of carbonyl (C=O) groups excluding carboxylic acids is 1. The molecule has 1 amide bonds. The first-order chi connectivity index (χ1) is 11.7. The SMILES string of the molecule is Cn1cc(Nc2cccc(C(=O)NC(CO)c3ccco3)c2)cn1. The average molecular weight is 326 g/mol. The molecule has 1 atom stereocenters. The second kappa shape index (κ2) is 7.01. The third-order valence-electron chi connectivity index (χ3n) is 3.49. The lowest BCUT2D eigenvalue weighted by Crippen LogP contribution is -2.30. The maximum absolute atomic E-state index is 12.4. The summed E-state index contributed by atoms with van der Waals surface area (Å²) in [5, 5.41) is 19.5. The Bertz CT molecular complexity index is 811. The van der Waals surface area contributed by atoms with Crippen LogP contribution in [0.15, 0.2) is 59.5 Å². The lowest BCUT2D eigenvalue weighted by atomic mass is 10.1. The highest BCUT2D eigenvalue weighted by atomic mass is 16.3. The van der Waals surface area contributed by atoms with Gasteiger partial charge in [0.15, 0.2) is 0 Å². The first kappa shape index (κ1) is 15.8. The summed E-state index contributed by atoms with van der Waals surface area (Å²) in [4.78, 5) is 12.4. The number of nitrogens with zero attached hydrogens (tertiary/aromatic N) is 2. The van der Waals surface area contributed by atoms with Crippen LogP contribution in [0, 0.1) is 0 Å². The molecule has 0 aliphatic heterocycles. The normalized spacial score (nSPS) is 11.9. The van der Waals surface area contributed by atoms with Gasteiger partial charge in [-0.05, 0) is 30.3 Å². The number of carbonyl (C=O) groups is 1. The minimum atomic E-state index is -0.581. The van der Waals surface area contributed by atoms with E-state index >= 15 is 0 Å². The number of furan rings is 1. The van der Waals surface area contributed by atoms with Gasteiger partial charge in [0.1, 0.15) is 11.8 Å². The van der Waals surface area contributed by atoms with Crippen molar-refractivity contribution in [3.63, 3.8) is 0 Å². The van der Waals surface area contributed by atoms with Crippen molar-refractivity contribution in [2.45, 2.75) is 6.04 Å². The van der Waals surface area contributed by atoms with Crippen LogP contribution < -0.4 is 10.6 Å². The zero-order valence-corrected chi connectivity index (χ0v) is 13.1. The number of rotatable bonds is 6. The fourth-order valence-corrected chi connectivity index (χ4v) is 2.33. The number of hydrogen-bond donors (Lipinski definition) is 3. The molecule has 124 valence electrons. The van der Waals surface area contributed by atoms with Crippen molar-refractivity contribution in [3.05, 3.63) is 66.4 Å². The molecule has 7 heteroatoms. The van der Waals surface area contributed by atoms with Gasteiger partial charge in [-0.1, -0.05) is 6.07 Å². The molecule has 0 radical (unpaired) electrons. The van der Waals surface area contributed by atoms with Crippen molar-refractivity contribution >= 4 is 17.3 Å². The van der Waals surface area contributed by atoms with E-state index in [1.54, 1.807) is 41.2 Å². The predicted octanol–water partition coefficient (Wildman–Crippen LogP) is 2.22. The molecular formula is C17H18N4O3. The second-order valence-electron chi connectivity index (χ2n) is 5.33. The van der Waals surface area contributed by atoms with Crippen molar-refractivity contribution in [1.29, 1.82) is 0 Å². The number of aliphatic hydroxyl groups excluding tert-OH is 1. The number of hydrogen-bond acceptors (Lipinski definition) is 5. The first-order valence-corrected chi connectivity index (χ1v) is 7.46. The smallest absolute Gasteiger partial charge is 0.252 e. The molecule has 0 saturated carbocycles. The largest absolute Gasteiger partial charge is 0.467 e. The first-order valence-electron chi connectivity index (χ1n) is 7.46. The lowest BCUT2D eigenvalue weighted by Gasteiger charge is -2.14. The second-order valence-corrected chi connectivity index (χ2v) is 5.33. The zero-order valence-electron chi connectivity index (χ0n) is 13.1. The Labute approximate surface area is 138 Å². The summed E-state index contributed by atoms with van der Waals surface area (Å²) in [5.74, 6) is 0.218. The highest BCUT2D eigenvalue weighted by Crippen LogP contribution is 2.18. The molecule has 3 aromatic rings.